The number of sulfonamides is 1. The van der Waals surface area contributed by atoms with Crippen molar-refractivity contribution in [1.82, 2.24) is 15.2 Å². The Bertz CT molecular complexity index is 1290. The summed E-state index contributed by atoms with van der Waals surface area (Å²) >= 11 is 6.05. The molecule has 32 heavy (non-hydrogen) atoms. The number of nitrogens with zero attached hydrogens (tertiary/aromatic N) is 3. The fraction of sp³-hybridized carbons (Fsp3) is 0.211. The molecular formula is C19H15ClF3N5O3S. The highest BCUT2D eigenvalue weighted by Gasteiger charge is 2.35. The fourth-order valence-electron chi connectivity index (χ4n) is 3.33. The lowest BCUT2D eigenvalue weighted by molar-refractivity contribution is -0.144. The third kappa shape index (κ3) is 4.15. The van der Waals surface area contributed by atoms with Crippen LogP contribution in [-0.4, -0.2) is 36.1 Å². The number of aromatic nitrogens is 3. The Morgan fingerprint density at radius 3 is 2.66 bits per heavy atom. The summed E-state index contributed by atoms with van der Waals surface area (Å²) in [5.41, 5.74) is 1.19. The molecule has 1 aromatic heterocycles. The first-order valence-corrected chi connectivity index (χ1v) is 11.1. The van der Waals surface area contributed by atoms with Gasteiger partial charge >= 0.3 is 6.18 Å². The van der Waals surface area contributed by atoms with Crippen molar-refractivity contribution >= 4 is 39.2 Å². The quantitative estimate of drug-likeness (QED) is 0.583. The molecule has 1 aliphatic heterocycles. The van der Waals surface area contributed by atoms with Crippen molar-refractivity contribution in [1.29, 1.82) is 0 Å². The van der Waals surface area contributed by atoms with Crippen LogP contribution in [0.15, 0.2) is 47.4 Å². The van der Waals surface area contributed by atoms with Crippen molar-refractivity contribution in [3.05, 3.63) is 64.4 Å². The summed E-state index contributed by atoms with van der Waals surface area (Å²) in [6, 6.07) is 10.7. The summed E-state index contributed by atoms with van der Waals surface area (Å²) in [4.78, 5) is 15.5. The first kappa shape index (κ1) is 22.1. The number of para-hydroxylation sites is 1. The number of fused-ring (bicyclic) bond motifs is 1. The Hall–Kier alpha value is -3.12. The SMILES string of the molecule is O=C(Nc1n[nH]c(C(F)(F)F)n1)c1cc(S(=O)(=O)N2CCCc3ccccc32)ccc1Cl. The first-order chi connectivity index (χ1) is 15.1. The lowest BCUT2D eigenvalue weighted by Crippen LogP contribution is -2.35. The van der Waals surface area contributed by atoms with Crippen molar-refractivity contribution in [3.63, 3.8) is 0 Å². The number of aromatic amines is 1. The van der Waals surface area contributed by atoms with Crippen LogP contribution in [0.4, 0.5) is 24.8 Å². The summed E-state index contributed by atoms with van der Waals surface area (Å²) < 4.78 is 65.8. The van der Waals surface area contributed by atoms with Crippen LogP contribution in [0.3, 0.4) is 0 Å². The lowest BCUT2D eigenvalue weighted by Gasteiger charge is -2.30. The molecule has 4 rings (SSSR count). The van der Waals surface area contributed by atoms with Crippen LogP contribution in [0.1, 0.15) is 28.2 Å². The molecule has 0 atom stereocenters. The second kappa shape index (κ2) is 8.10. The molecule has 1 aliphatic rings. The van der Waals surface area contributed by atoms with E-state index in [0.717, 1.165) is 18.1 Å². The van der Waals surface area contributed by atoms with Gasteiger partial charge in [0.05, 0.1) is 21.2 Å². The van der Waals surface area contributed by atoms with E-state index in [-0.39, 0.29) is 22.0 Å². The third-order valence-corrected chi connectivity index (χ3v) is 6.96. The normalized spacial score (nSPS) is 14.2. The van der Waals surface area contributed by atoms with Gasteiger partial charge in [-0.3, -0.25) is 19.5 Å². The number of halogens is 4. The number of rotatable bonds is 4. The van der Waals surface area contributed by atoms with Crippen LogP contribution in [0.5, 0.6) is 0 Å². The van der Waals surface area contributed by atoms with Gasteiger partial charge in [-0.15, -0.1) is 5.10 Å². The zero-order valence-corrected chi connectivity index (χ0v) is 17.7. The number of hydrogen-bond acceptors (Lipinski definition) is 5. The van der Waals surface area contributed by atoms with Gasteiger partial charge in [-0.05, 0) is 42.7 Å². The average molecular weight is 486 g/mol. The van der Waals surface area contributed by atoms with E-state index < -0.39 is 33.9 Å². The van der Waals surface area contributed by atoms with Gasteiger partial charge in [0.15, 0.2) is 0 Å². The largest absolute Gasteiger partial charge is 0.451 e. The molecule has 2 heterocycles. The Morgan fingerprint density at radius 2 is 1.94 bits per heavy atom. The highest BCUT2D eigenvalue weighted by molar-refractivity contribution is 7.92. The van der Waals surface area contributed by atoms with E-state index in [1.807, 2.05) is 12.1 Å². The maximum absolute atomic E-state index is 13.3. The molecule has 8 nitrogen and oxygen atoms in total. The minimum absolute atomic E-state index is 0.0907. The van der Waals surface area contributed by atoms with Gasteiger partial charge < -0.3 is 0 Å². The molecule has 168 valence electrons. The molecule has 0 aliphatic carbocycles. The number of carbonyl (C=O) groups is 1. The van der Waals surface area contributed by atoms with Crippen molar-refractivity contribution in [2.24, 2.45) is 0 Å². The number of aryl methyl sites for hydroxylation is 1. The second-order valence-corrected chi connectivity index (χ2v) is 9.18. The zero-order chi connectivity index (χ0) is 23.1. The predicted molar refractivity (Wildman–Crippen MR) is 110 cm³/mol. The zero-order valence-electron chi connectivity index (χ0n) is 16.1. The molecule has 2 N–H and O–H groups in total. The average Bonchev–Trinajstić information content (AvgIpc) is 3.22. The third-order valence-electron chi connectivity index (χ3n) is 4.82. The van der Waals surface area contributed by atoms with Gasteiger partial charge in [-0.2, -0.15) is 18.2 Å². The Morgan fingerprint density at radius 1 is 1.19 bits per heavy atom. The van der Waals surface area contributed by atoms with Gasteiger partial charge in [0.2, 0.25) is 11.8 Å². The fourth-order valence-corrected chi connectivity index (χ4v) is 5.10. The summed E-state index contributed by atoms with van der Waals surface area (Å²) in [6.45, 7) is 0.265. The van der Waals surface area contributed by atoms with Crippen LogP contribution in [0.2, 0.25) is 5.02 Å². The molecule has 0 radical (unpaired) electrons. The maximum Gasteiger partial charge on any atom is 0.451 e. The minimum Gasteiger partial charge on any atom is -0.289 e. The topological polar surface area (TPSA) is 108 Å². The highest BCUT2D eigenvalue weighted by Crippen LogP contribution is 2.33. The van der Waals surface area contributed by atoms with Gasteiger partial charge in [0, 0.05) is 6.54 Å². The Kier molecular flexibility index (Phi) is 5.59. The Labute approximate surface area is 185 Å². The second-order valence-electron chi connectivity index (χ2n) is 6.91. The van der Waals surface area contributed by atoms with E-state index >= 15 is 0 Å². The van der Waals surface area contributed by atoms with Crippen LogP contribution in [0.25, 0.3) is 0 Å². The highest BCUT2D eigenvalue weighted by atomic mass is 35.5. The van der Waals surface area contributed by atoms with Gasteiger partial charge in [-0.25, -0.2) is 8.42 Å². The van der Waals surface area contributed by atoms with Gasteiger partial charge in [-0.1, -0.05) is 29.8 Å². The molecule has 0 spiro atoms. The van der Waals surface area contributed by atoms with Crippen molar-refractivity contribution in [2.75, 3.05) is 16.2 Å². The van der Waals surface area contributed by atoms with Crippen LogP contribution in [-0.2, 0) is 22.6 Å². The molecule has 0 bridgehead atoms. The molecule has 2 aromatic carbocycles. The molecule has 13 heteroatoms. The Balaban J connectivity index is 1.64. The molecule has 0 saturated heterocycles. The van der Waals surface area contributed by atoms with Crippen molar-refractivity contribution in [2.45, 2.75) is 23.9 Å². The number of H-pyrrole nitrogens is 1. The molecule has 0 unspecified atom stereocenters. The van der Waals surface area contributed by atoms with E-state index in [1.165, 1.54) is 16.4 Å². The molecule has 3 aromatic rings. The monoisotopic (exact) mass is 485 g/mol. The molecule has 0 saturated carbocycles. The predicted octanol–water partition coefficient (Wildman–Crippen LogP) is 3.87. The van der Waals surface area contributed by atoms with Gasteiger partial charge in [0.1, 0.15) is 0 Å². The van der Waals surface area contributed by atoms with Gasteiger partial charge in [0.25, 0.3) is 15.9 Å². The number of hydrogen-bond donors (Lipinski definition) is 2. The van der Waals surface area contributed by atoms with E-state index in [1.54, 1.807) is 17.2 Å². The van der Waals surface area contributed by atoms with E-state index in [2.05, 4.69) is 15.4 Å². The molecule has 1 amide bonds. The first-order valence-electron chi connectivity index (χ1n) is 9.28. The lowest BCUT2D eigenvalue weighted by atomic mass is 10.0. The van der Waals surface area contributed by atoms with Crippen LogP contribution >= 0.6 is 11.6 Å². The van der Waals surface area contributed by atoms with Crippen molar-refractivity contribution in [3.8, 4) is 0 Å². The number of anilines is 2. The number of amides is 1. The molecule has 0 fully saturated rings. The standard InChI is InChI=1S/C19H15ClF3N5O3S/c20-14-8-7-12(32(30,31)28-9-3-5-11-4-1-2-6-15(11)28)10-13(14)16(29)24-18-25-17(26-27-18)19(21,22)23/h1-2,4,6-8,10H,3,5,9H2,(H2,24,25,26,27,29). The molecular weight excluding hydrogens is 471 g/mol. The van der Waals surface area contributed by atoms with Crippen LogP contribution in [0, 0.1) is 0 Å². The van der Waals surface area contributed by atoms with Crippen LogP contribution < -0.4 is 9.62 Å². The van der Waals surface area contributed by atoms with Crippen molar-refractivity contribution < 1.29 is 26.4 Å². The summed E-state index contributed by atoms with van der Waals surface area (Å²) in [5, 5.41) is 6.95. The smallest absolute Gasteiger partial charge is 0.289 e. The maximum atomic E-state index is 13.3. The van der Waals surface area contributed by atoms with E-state index in [0.29, 0.717) is 12.1 Å². The van der Waals surface area contributed by atoms with E-state index in [4.69, 9.17) is 11.6 Å². The number of alkyl halides is 3. The number of benzene rings is 2. The number of nitrogens with one attached hydrogen (secondary N) is 2. The summed E-state index contributed by atoms with van der Waals surface area (Å²) in [6.07, 6.45) is -3.40. The van der Waals surface area contributed by atoms with E-state index in [9.17, 15) is 26.4 Å². The summed E-state index contributed by atoms with van der Waals surface area (Å²) in [7, 11) is -4.03. The number of carbonyl (C=O) groups excluding carboxylic acids is 1. The summed E-state index contributed by atoms with van der Waals surface area (Å²) in [5.74, 6) is -2.98. The minimum atomic E-state index is -4.77.